The lowest BCUT2D eigenvalue weighted by Gasteiger charge is -2.09. The Hall–Kier alpha value is -1.20. The Bertz CT molecular complexity index is 380. The number of aliphatic hydroxyl groups excluding tert-OH is 1. The van der Waals surface area contributed by atoms with Crippen LogP contribution in [-0.2, 0) is 6.42 Å². The number of aliphatic hydroxyl groups is 1. The topological polar surface area (TPSA) is 61.4 Å². The first-order valence-electron chi connectivity index (χ1n) is 6.42. The molecule has 0 saturated carbocycles. The van der Waals surface area contributed by atoms with Crippen molar-refractivity contribution >= 4 is 23.5 Å². The molecule has 0 radical (unpaired) electrons. The van der Waals surface area contributed by atoms with E-state index in [1.54, 1.807) is 6.92 Å². The summed E-state index contributed by atoms with van der Waals surface area (Å²) in [4.78, 5) is 11.5. The minimum atomic E-state index is -0.393. The highest BCUT2D eigenvalue weighted by Gasteiger charge is 2.02. The quantitative estimate of drug-likeness (QED) is 0.720. The molecular weight excluding hydrogens is 260 g/mol. The normalized spacial score (nSPS) is 11.9. The first kappa shape index (κ1) is 15.9. The third-order valence-corrected chi connectivity index (χ3v) is 3.27. The largest absolute Gasteiger partial charge is 0.393 e. The van der Waals surface area contributed by atoms with Gasteiger partial charge in [-0.2, -0.15) is 11.8 Å². The molecule has 1 aromatic carbocycles. The van der Waals surface area contributed by atoms with Gasteiger partial charge in [-0.05, 0) is 49.5 Å². The first-order valence-corrected chi connectivity index (χ1v) is 7.82. The highest BCUT2D eigenvalue weighted by atomic mass is 32.2. The predicted octanol–water partition coefficient (Wildman–Crippen LogP) is 2.48. The number of aryl methyl sites for hydroxylation is 1. The van der Waals surface area contributed by atoms with E-state index in [0.717, 1.165) is 17.9 Å². The molecule has 0 saturated heterocycles. The fraction of sp³-hybridized carbons (Fsp3) is 0.500. The maximum Gasteiger partial charge on any atom is 0.319 e. The van der Waals surface area contributed by atoms with Crippen LogP contribution in [0.3, 0.4) is 0 Å². The van der Waals surface area contributed by atoms with Crippen molar-refractivity contribution in [1.82, 2.24) is 5.32 Å². The molecule has 4 nitrogen and oxygen atoms in total. The van der Waals surface area contributed by atoms with Gasteiger partial charge in [0.2, 0.25) is 0 Å². The number of nitrogens with one attached hydrogen (secondary N) is 2. The number of urea groups is 1. The number of rotatable bonds is 7. The Labute approximate surface area is 119 Å². The molecule has 1 rings (SSSR count). The van der Waals surface area contributed by atoms with Crippen molar-refractivity contribution in [3.63, 3.8) is 0 Å². The van der Waals surface area contributed by atoms with E-state index < -0.39 is 6.10 Å². The molecule has 0 fully saturated rings. The van der Waals surface area contributed by atoms with Crippen LogP contribution in [0.25, 0.3) is 0 Å². The van der Waals surface area contributed by atoms with Gasteiger partial charge in [0.25, 0.3) is 0 Å². The summed E-state index contributed by atoms with van der Waals surface area (Å²) < 4.78 is 0. The molecule has 1 atom stereocenters. The van der Waals surface area contributed by atoms with Crippen LogP contribution < -0.4 is 10.6 Å². The summed E-state index contributed by atoms with van der Waals surface area (Å²) in [6.45, 7) is 2.17. The molecular formula is C14H22N2O2S. The van der Waals surface area contributed by atoms with Crippen molar-refractivity contribution in [3.05, 3.63) is 29.8 Å². The zero-order chi connectivity index (χ0) is 14.1. The molecule has 0 aliphatic heterocycles. The lowest BCUT2D eigenvalue weighted by atomic mass is 10.1. The van der Waals surface area contributed by atoms with Crippen molar-refractivity contribution in [1.29, 1.82) is 0 Å². The summed E-state index contributed by atoms with van der Waals surface area (Å²) in [7, 11) is 0. The molecule has 19 heavy (non-hydrogen) atoms. The van der Waals surface area contributed by atoms with Gasteiger partial charge in [-0.25, -0.2) is 4.79 Å². The summed E-state index contributed by atoms with van der Waals surface area (Å²) >= 11 is 1.82. The summed E-state index contributed by atoms with van der Waals surface area (Å²) in [5, 5.41) is 14.5. The second-order valence-electron chi connectivity index (χ2n) is 4.46. The second-order valence-corrected chi connectivity index (χ2v) is 5.44. The van der Waals surface area contributed by atoms with E-state index in [1.807, 2.05) is 36.0 Å². The molecule has 0 spiro atoms. The van der Waals surface area contributed by atoms with Crippen molar-refractivity contribution < 1.29 is 9.90 Å². The molecule has 106 valence electrons. The zero-order valence-electron chi connectivity index (χ0n) is 11.5. The van der Waals surface area contributed by atoms with Gasteiger partial charge < -0.3 is 15.7 Å². The Morgan fingerprint density at radius 2 is 2.05 bits per heavy atom. The molecule has 0 aliphatic carbocycles. The standard InChI is InChI=1S/C14H22N2O2S/c1-11(17)7-9-15-14(18)16-13-5-3-12(4-6-13)8-10-19-2/h3-6,11,17H,7-10H2,1-2H3,(H2,15,16,18). The summed E-state index contributed by atoms with van der Waals surface area (Å²) in [6, 6.07) is 7.63. The maximum atomic E-state index is 11.5. The van der Waals surface area contributed by atoms with Crippen LogP contribution in [0.1, 0.15) is 18.9 Å². The Balaban J connectivity index is 2.33. The number of benzene rings is 1. The summed E-state index contributed by atoms with van der Waals surface area (Å²) in [5.41, 5.74) is 2.05. The number of hydrogen-bond donors (Lipinski definition) is 3. The van der Waals surface area contributed by atoms with Gasteiger partial charge in [0.05, 0.1) is 6.10 Å². The van der Waals surface area contributed by atoms with Gasteiger partial charge >= 0.3 is 6.03 Å². The van der Waals surface area contributed by atoms with Crippen LogP contribution in [0.5, 0.6) is 0 Å². The lowest BCUT2D eigenvalue weighted by Crippen LogP contribution is -2.30. The number of carbonyl (C=O) groups excluding carboxylic acids is 1. The lowest BCUT2D eigenvalue weighted by molar-refractivity contribution is 0.184. The van der Waals surface area contributed by atoms with E-state index in [-0.39, 0.29) is 6.03 Å². The van der Waals surface area contributed by atoms with Crippen LogP contribution in [0, 0.1) is 0 Å². The third-order valence-electron chi connectivity index (χ3n) is 2.65. The number of hydrogen-bond acceptors (Lipinski definition) is 3. The Kier molecular flexibility index (Phi) is 7.36. The molecule has 2 amide bonds. The van der Waals surface area contributed by atoms with Crippen molar-refractivity contribution in [3.8, 4) is 0 Å². The highest BCUT2D eigenvalue weighted by Crippen LogP contribution is 2.11. The van der Waals surface area contributed by atoms with E-state index >= 15 is 0 Å². The van der Waals surface area contributed by atoms with Crippen molar-refractivity contribution in [2.24, 2.45) is 0 Å². The molecule has 0 bridgehead atoms. The molecule has 3 N–H and O–H groups in total. The van der Waals surface area contributed by atoms with Crippen molar-refractivity contribution in [2.75, 3.05) is 23.9 Å². The Morgan fingerprint density at radius 3 is 2.63 bits per heavy atom. The number of carbonyl (C=O) groups is 1. The second kappa shape index (κ2) is 8.82. The molecule has 0 aromatic heterocycles. The average Bonchev–Trinajstić information content (AvgIpc) is 2.37. The predicted molar refractivity (Wildman–Crippen MR) is 81.8 cm³/mol. The monoisotopic (exact) mass is 282 g/mol. The van der Waals surface area contributed by atoms with Gasteiger partial charge in [0.1, 0.15) is 0 Å². The van der Waals surface area contributed by atoms with Crippen LogP contribution in [-0.4, -0.2) is 35.8 Å². The fourth-order valence-corrected chi connectivity index (χ4v) is 1.98. The van der Waals surface area contributed by atoms with Crippen molar-refractivity contribution in [2.45, 2.75) is 25.9 Å². The molecule has 1 aromatic rings. The SMILES string of the molecule is CSCCc1ccc(NC(=O)NCCC(C)O)cc1. The van der Waals surface area contributed by atoms with E-state index in [9.17, 15) is 4.79 Å². The van der Waals surface area contributed by atoms with Gasteiger partial charge in [0.15, 0.2) is 0 Å². The van der Waals surface area contributed by atoms with E-state index in [1.165, 1.54) is 5.56 Å². The van der Waals surface area contributed by atoms with Gasteiger partial charge in [-0.1, -0.05) is 12.1 Å². The van der Waals surface area contributed by atoms with Crippen LogP contribution in [0.15, 0.2) is 24.3 Å². The van der Waals surface area contributed by atoms with Crippen LogP contribution in [0.2, 0.25) is 0 Å². The summed E-state index contributed by atoms with van der Waals surface area (Å²) in [5.74, 6) is 1.10. The minimum Gasteiger partial charge on any atom is -0.393 e. The van der Waals surface area contributed by atoms with Crippen LogP contribution in [0.4, 0.5) is 10.5 Å². The van der Waals surface area contributed by atoms with Gasteiger partial charge in [-0.15, -0.1) is 0 Å². The maximum absolute atomic E-state index is 11.5. The van der Waals surface area contributed by atoms with Gasteiger partial charge in [0, 0.05) is 12.2 Å². The molecule has 1 unspecified atom stereocenters. The van der Waals surface area contributed by atoms with Crippen LogP contribution >= 0.6 is 11.8 Å². The molecule has 5 heteroatoms. The van der Waals surface area contributed by atoms with E-state index in [0.29, 0.717) is 13.0 Å². The van der Waals surface area contributed by atoms with Gasteiger partial charge in [-0.3, -0.25) is 0 Å². The Morgan fingerprint density at radius 1 is 1.37 bits per heavy atom. The molecule has 0 aliphatic rings. The minimum absolute atomic E-state index is 0.238. The number of thioether (sulfide) groups is 1. The zero-order valence-corrected chi connectivity index (χ0v) is 12.3. The van der Waals surface area contributed by atoms with E-state index in [2.05, 4.69) is 16.9 Å². The highest BCUT2D eigenvalue weighted by molar-refractivity contribution is 7.98. The average molecular weight is 282 g/mol. The number of amides is 2. The smallest absolute Gasteiger partial charge is 0.319 e. The first-order chi connectivity index (χ1) is 9.11. The van der Waals surface area contributed by atoms with E-state index in [4.69, 9.17) is 5.11 Å². The third kappa shape index (κ3) is 7.08. The fourth-order valence-electron chi connectivity index (χ4n) is 1.54. The summed E-state index contributed by atoms with van der Waals surface area (Å²) in [6.07, 6.45) is 3.30. The molecule has 0 heterocycles. The number of anilines is 1.